The minimum absolute atomic E-state index is 0.264. The Hall–Kier alpha value is -3.60. The predicted octanol–water partition coefficient (Wildman–Crippen LogP) is 2.41. The SMILES string of the molecule is CC(O)(CNC(=O)C(NC(=O)OCC1c2ccccc2-c2ccccc21)C(F)(F)F)C(=O)O. The Bertz CT molecular complexity index is 1020. The van der Waals surface area contributed by atoms with Gasteiger partial charge in [0.25, 0.3) is 5.91 Å². The summed E-state index contributed by atoms with van der Waals surface area (Å²) in [6.07, 6.45) is -6.66. The van der Waals surface area contributed by atoms with Crippen molar-refractivity contribution in [1.29, 1.82) is 0 Å². The summed E-state index contributed by atoms with van der Waals surface area (Å²) < 4.78 is 45.0. The van der Waals surface area contributed by atoms with Gasteiger partial charge in [-0.2, -0.15) is 13.2 Å². The van der Waals surface area contributed by atoms with Crippen molar-refractivity contribution < 1.29 is 42.5 Å². The molecule has 0 heterocycles. The standard InChI is InChI=1S/C22H21F3N2O6/c1-21(32,19(29)30)11-26-18(28)17(22(23,24)25)27-20(31)33-10-16-14-8-4-2-6-12(14)13-7-3-5-9-15(13)16/h2-9,16-17,32H,10-11H2,1H3,(H,26,28)(H,27,31)(H,29,30). The van der Waals surface area contributed by atoms with Crippen molar-refractivity contribution in [3.8, 4) is 11.1 Å². The molecule has 0 radical (unpaired) electrons. The number of alkyl carbamates (subject to hydrolysis) is 1. The molecule has 11 heteroatoms. The highest BCUT2D eigenvalue weighted by Crippen LogP contribution is 2.44. The van der Waals surface area contributed by atoms with Gasteiger partial charge in [0.15, 0.2) is 5.60 Å². The molecular formula is C22H21F3N2O6. The molecule has 2 aromatic rings. The molecule has 3 rings (SSSR count). The zero-order chi connectivity index (χ0) is 24.4. The lowest BCUT2D eigenvalue weighted by molar-refractivity contribution is -0.168. The molecule has 2 amide bonds. The maximum absolute atomic E-state index is 13.3. The van der Waals surface area contributed by atoms with Crippen LogP contribution in [0.3, 0.4) is 0 Å². The molecule has 1 aliphatic rings. The van der Waals surface area contributed by atoms with E-state index in [-0.39, 0.29) is 6.61 Å². The van der Waals surface area contributed by atoms with Crippen LogP contribution in [0.15, 0.2) is 48.5 Å². The number of halogens is 3. The number of amides is 2. The van der Waals surface area contributed by atoms with Crippen molar-refractivity contribution in [3.05, 3.63) is 59.7 Å². The van der Waals surface area contributed by atoms with Crippen molar-refractivity contribution in [2.45, 2.75) is 30.7 Å². The first-order valence-corrected chi connectivity index (χ1v) is 9.83. The summed E-state index contributed by atoms with van der Waals surface area (Å²) >= 11 is 0. The van der Waals surface area contributed by atoms with Crippen LogP contribution in [0.1, 0.15) is 24.0 Å². The van der Waals surface area contributed by atoms with Gasteiger partial charge in [0.05, 0.1) is 6.54 Å². The second kappa shape index (κ2) is 9.10. The second-order valence-electron chi connectivity index (χ2n) is 7.74. The molecule has 176 valence electrons. The molecule has 0 fully saturated rings. The van der Waals surface area contributed by atoms with Crippen LogP contribution >= 0.6 is 0 Å². The molecule has 0 saturated carbocycles. The number of carbonyl (C=O) groups is 3. The third-order valence-electron chi connectivity index (χ3n) is 5.26. The molecule has 4 N–H and O–H groups in total. The van der Waals surface area contributed by atoms with E-state index in [1.54, 1.807) is 17.4 Å². The van der Waals surface area contributed by atoms with Gasteiger partial charge in [-0.3, -0.25) is 4.79 Å². The van der Waals surface area contributed by atoms with Gasteiger partial charge in [0.1, 0.15) is 6.61 Å². The number of rotatable bonds is 7. The first-order valence-electron chi connectivity index (χ1n) is 9.83. The van der Waals surface area contributed by atoms with E-state index in [0.717, 1.165) is 29.2 Å². The van der Waals surface area contributed by atoms with Crippen molar-refractivity contribution >= 4 is 18.0 Å². The maximum atomic E-state index is 13.3. The van der Waals surface area contributed by atoms with Crippen LogP contribution < -0.4 is 10.6 Å². The largest absolute Gasteiger partial charge is 0.479 e. The number of hydrogen-bond acceptors (Lipinski definition) is 5. The van der Waals surface area contributed by atoms with E-state index in [0.29, 0.717) is 0 Å². The average Bonchev–Trinajstić information content (AvgIpc) is 3.07. The van der Waals surface area contributed by atoms with E-state index in [4.69, 9.17) is 9.84 Å². The molecule has 8 nitrogen and oxygen atoms in total. The van der Waals surface area contributed by atoms with Gasteiger partial charge in [-0.1, -0.05) is 48.5 Å². The minimum Gasteiger partial charge on any atom is -0.479 e. The molecule has 2 atom stereocenters. The van der Waals surface area contributed by atoms with Crippen LogP contribution in [-0.2, 0) is 14.3 Å². The number of nitrogens with one attached hydrogen (secondary N) is 2. The Morgan fingerprint density at radius 1 is 1.03 bits per heavy atom. The van der Waals surface area contributed by atoms with Gasteiger partial charge >= 0.3 is 18.2 Å². The topological polar surface area (TPSA) is 125 Å². The van der Waals surface area contributed by atoms with Gasteiger partial charge in [0, 0.05) is 5.92 Å². The Balaban J connectivity index is 1.67. The molecule has 2 unspecified atom stereocenters. The number of aliphatic hydroxyl groups is 1. The fourth-order valence-electron chi connectivity index (χ4n) is 3.49. The number of ether oxygens (including phenoxy) is 1. The summed E-state index contributed by atoms with van der Waals surface area (Å²) in [5.74, 6) is -3.87. The van der Waals surface area contributed by atoms with E-state index < -0.39 is 48.3 Å². The Kier molecular flexibility index (Phi) is 6.63. The fraction of sp³-hybridized carbons (Fsp3) is 0.318. The van der Waals surface area contributed by atoms with Gasteiger partial charge in [-0.05, 0) is 29.2 Å². The molecule has 0 saturated heterocycles. The summed E-state index contributed by atoms with van der Waals surface area (Å²) in [7, 11) is 0. The number of carbonyl (C=O) groups excluding carboxylic acids is 2. The summed E-state index contributed by atoms with van der Waals surface area (Å²) in [6.45, 7) is -0.461. The molecule has 33 heavy (non-hydrogen) atoms. The zero-order valence-corrected chi connectivity index (χ0v) is 17.3. The second-order valence-corrected chi connectivity index (χ2v) is 7.74. The van der Waals surface area contributed by atoms with Crippen molar-refractivity contribution in [3.63, 3.8) is 0 Å². The van der Waals surface area contributed by atoms with Gasteiger partial charge in [0.2, 0.25) is 6.04 Å². The van der Waals surface area contributed by atoms with Crippen LogP contribution in [0.2, 0.25) is 0 Å². The fourth-order valence-corrected chi connectivity index (χ4v) is 3.49. The highest BCUT2D eigenvalue weighted by Gasteiger charge is 2.47. The van der Waals surface area contributed by atoms with Crippen LogP contribution in [-0.4, -0.2) is 59.2 Å². The Morgan fingerprint density at radius 3 is 2.03 bits per heavy atom. The van der Waals surface area contributed by atoms with E-state index >= 15 is 0 Å². The number of aliphatic carboxylic acids is 1. The smallest absolute Gasteiger partial charge is 0.417 e. The highest BCUT2D eigenvalue weighted by atomic mass is 19.4. The van der Waals surface area contributed by atoms with Gasteiger partial charge in [-0.25, -0.2) is 9.59 Å². The van der Waals surface area contributed by atoms with Crippen LogP contribution in [0, 0.1) is 0 Å². The molecule has 0 aromatic heterocycles. The van der Waals surface area contributed by atoms with Crippen LogP contribution in [0.25, 0.3) is 11.1 Å². The van der Waals surface area contributed by atoms with Gasteiger partial charge < -0.3 is 25.6 Å². The first kappa shape index (κ1) is 24.1. The van der Waals surface area contributed by atoms with Gasteiger partial charge in [-0.15, -0.1) is 0 Å². The number of carboxylic acids is 1. The normalized spacial score (nSPS) is 15.5. The highest BCUT2D eigenvalue weighted by molar-refractivity contribution is 5.87. The average molecular weight is 466 g/mol. The minimum atomic E-state index is -5.19. The quantitative estimate of drug-likeness (QED) is 0.497. The Labute approximate surface area is 186 Å². The molecule has 0 spiro atoms. The van der Waals surface area contributed by atoms with Crippen molar-refractivity contribution in [1.82, 2.24) is 10.6 Å². The Morgan fingerprint density at radius 2 is 1.55 bits per heavy atom. The molecule has 1 aliphatic carbocycles. The van der Waals surface area contributed by atoms with E-state index in [1.807, 2.05) is 36.4 Å². The van der Waals surface area contributed by atoms with Crippen LogP contribution in [0.4, 0.5) is 18.0 Å². The number of carboxylic acid groups (broad SMARTS) is 1. The zero-order valence-electron chi connectivity index (χ0n) is 17.3. The summed E-state index contributed by atoms with van der Waals surface area (Å²) in [5, 5.41) is 21.5. The number of alkyl halides is 3. The lowest BCUT2D eigenvalue weighted by atomic mass is 9.98. The molecule has 2 aromatic carbocycles. The number of fused-ring (bicyclic) bond motifs is 3. The number of hydrogen-bond donors (Lipinski definition) is 4. The summed E-state index contributed by atoms with van der Waals surface area (Å²) in [5.41, 5.74) is 1.08. The molecule has 0 aliphatic heterocycles. The predicted molar refractivity (Wildman–Crippen MR) is 109 cm³/mol. The third kappa shape index (κ3) is 5.25. The molecular weight excluding hydrogens is 445 g/mol. The van der Waals surface area contributed by atoms with Crippen LogP contribution in [0.5, 0.6) is 0 Å². The monoisotopic (exact) mass is 466 g/mol. The van der Waals surface area contributed by atoms with E-state index in [1.165, 1.54) is 5.32 Å². The maximum Gasteiger partial charge on any atom is 0.417 e. The summed E-state index contributed by atoms with van der Waals surface area (Å²) in [4.78, 5) is 35.0. The number of benzene rings is 2. The van der Waals surface area contributed by atoms with Crippen molar-refractivity contribution in [2.24, 2.45) is 0 Å². The van der Waals surface area contributed by atoms with E-state index in [9.17, 15) is 32.7 Å². The first-order chi connectivity index (χ1) is 15.4. The summed E-state index contributed by atoms with van der Waals surface area (Å²) in [6, 6.07) is 11.7. The van der Waals surface area contributed by atoms with Crippen molar-refractivity contribution in [2.75, 3.05) is 13.2 Å². The molecule has 0 bridgehead atoms. The van der Waals surface area contributed by atoms with E-state index in [2.05, 4.69) is 0 Å². The third-order valence-corrected chi connectivity index (χ3v) is 5.26. The lowest BCUT2D eigenvalue weighted by Crippen LogP contribution is -2.57. The lowest BCUT2D eigenvalue weighted by Gasteiger charge is -2.24.